The molecule has 0 N–H and O–H groups in total. The molecule has 3 aromatic rings. The third-order valence-electron chi connectivity index (χ3n) is 2.29. The molecule has 3 aromatic heterocycles. The van der Waals surface area contributed by atoms with Crippen LogP contribution in [0, 0.1) is 0 Å². The van der Waals surface area contributed by atoms with Crippen molar-refractivity contribution in [2.45, 2.75) is 16.7 Å². The summed E-state index contributed by atoms with van der Waals surface area (Å²) >= 11 is 7.98. The predicted octanol–water partition coefficient (Wildman–Crippen LogP) is 4.10. The summed E-state index contributed by atoms with van der Waals surface area (Å²) in [6.07, 6.45) is 1.99. The molecule has 0 fully saturated rings. The van der Waals surface area contributed by atoms with Gasteiger partial charge < -0.3 is 8.94 Å². The minimum absolute atomic E-state index is 0.500. The zero-order valence-corrected chi connectivity index (χ0v) is 14.8. The number of thiophene rings is 1. The van der Waals surface area contributed by atoms with Gasteiger partial charge in [0.1, 0.15) is 0 Å². The second-order valence-electron chi connectivity index (χ2n) is 3.82. The molecule has 0 aliphatic heterocycles. The summed E-state index contributed by atoms with van der Waals surface area (Å²) in [6.45, 7) is 0. The van der Waals surface area contributed by atoms with Gasteiger partial charge in [-0.1, -0.05) is 16.9 Å². The summed E-state index contributed by atoms with van der Waals surface area (Å²) in [6, 6.07) is 1.96. The van der Waals surface area contributed by atoms with Crippen molar-refractivity contribution in [3.8, 4) is 10.7 Å². The first kappa shape index (κ1) is 15.1. The fraction of sp³-hybridized carbons (Fsp3) is 0.273. The van der Waals surface area contributed by atoms with Crippen molar-refractivity contribution < 1.29 is 8.94 Å². The summed E-state index contributed by atoms with van der Waals surface area (Å²) < 4.78 is 11.7. The smallest absolute Gasteiger partial charge is 0.277 e. The normalized spacial score (nSPS) is 11.1. The fourth-order valence-corrected chi connectivity index (χ4v) is 3.78. The van der Waals surface area contributed by atoms with Crippen molar-refractivity contribution in [3.63, 3.8) is 0 Å². The molecule has 21 heavy (non-hydrogen) atoms. The summed E-state index contributed by atoms with van der Waals surface area (Å²) in [5, 5.41) is 14.4. The largest absolute Gasteiger partial charge is 0.415 e. The van der Waals surface area contributed by atoms with E-state index in [1.807, 2.05) is 17.7 Å². The molecule has 110 valence electrons. The average Bonchev–Trinajstić information content (AvgIpc) is 3.17. The molecule has 0 bridgehead atoms. The van der Waals surface area contributed by atoms with E-state index in [4.69, 9.17) is 8.94 Å². The van der Waals surface area contributed by atoms with Crippen LogP contribution in [0.1, 0.15) is 11.8 Å². The Balaban J connectivity index is 1.61. The Morgan fingerprint density at radius 1 is 1.29 bits per heavy atom. The number of thioether (sulfide) groups is 2. The Morgan fingerprint density at radius 3 is 2.95 bits per heavy atom. The van der Waals surface area contributed by atoms with Crippen LogP contribution in [-0.2, 0) is 11.5 Å². The summed E-state index contributed by atoms with van der Waals surface area (Å²) in [5.41, 5.74) is 0. The van der Waals surface area contributed by atoms with E-state index < -0.39 is 0 Å². The Bertz CT molecular complexity index is 726. The highest BCUT2D eigenvalue weighted by Gasteiger charge is 2.13. The molecule has 0 aliphatic carbocycles. The predicted molar refractivity (Wildman–Crippen MR) is 86.4 cm³/mol. The van der Waals surface area contributed by atoms with E-state index in [2.05, 4.69) is 36.3 Å². The Kier molecular flexibility index (Phi) is 4.99. The molecular weight excluding hydrogens is 396 g/mol. The minimum atomic E-state index is 0.500. The molecule has 0 atom stereocenters. The molecule has 0 unspecified atom stereocenters. The summed E-state index contributed by atoms with van der Waals surface area (Å²) in [4.78, 5) is 5.31. The molecule has 0 spiro atoms. The van der Waals surface area contributed by atoms with Gasteiger partial charge in [-0.15, -0.1) is 21.5 Å². The molecular formula is C11H9BrN4O2S3. The van der Waals surface area contributed by atoms with Crippen LogP contribution in [0.3, 0.4) is 0 Å². The lowest BCUT2D eigenvalue weighted by Crippen LogP contribution is -1.81. The van der Waals surface area contributed by atoms with Crippen molar-refractivity contribution in [3.05, 3.63) is 27.7 Å². The van der Waals surface area contributed by atoms with Crippen LogP contribution in [0.15, 0.2) is 30.1 Å². The van der Waals surface area contributed by atoms with Crippen LogP contribution in [0.4, 0.5) is 0 Å². The van der Waals surface area contributed by atoms with Gasteiger partial charge in [0.25, 0.3) is 5.22 Å². The van der Waals surface area contributed by atoms with Gasteiger partial charge in [-0.25, -0.2) is 0 Å². The van der Waals surface area contributed by atoms with Crippen LogP contribution in [0.25, 0.3) is 10.7 Å². The van der Waals surface area contributed by atoms with Crippen molar-refractivity contribution in [1.29, 1.82) is 0 Å². The highest BCUT2D eigenvalue weighted by molar-refractivity contribution is 9.10. The molecule has 6 nitrogen and oxygen atoms in total. The molecule has 3 rings (SSSR count). The lowest BCUT2D eigenvalue weighted by Gasteiger charge is -1.90. The molecule has 0 radical (unpaired) electrons. The maximum Gasteiger partial charge on any atom is 0.277 e. The first-order chi connectivity index (χ1) is 10.2. The maximum absolute atomic E-state index is 5.47. The molecule has 10 heteroatoms. The van der Waals surface area contributed by atoms with Crippen molar-refractivity contribution >= 4 is 50.8 Å². The Morgan fingerprint density at radius 2 is 2.19 bits per heavy atom. The van der Waals surface area contributed by atoms with E-state index in [1.54, 1.807) is 23.1 Å². The van der Waals surface area contributed by atoms with Crippen LogP contribution >= 0.6 is 50.8 Å². The Labute approximate surface area is 141 Å². The lowest BCUT2D eigenvalue weighted by molar-refractivity contribution is 0.390. The zero-order valence-electron chi connectivity index (χ0n) is 10.8. The molecule has 0 saturated heterocycles. The first-order valence-corrected chi connectivity index (χ1v) is 9.81. The number of aromatic nitrogens is 4. The van der Waals surface area contributed by atoms with Gasteiger partial charge >= 0.3 is 0 Å². The highest BCUT2D eigenvalue weighted by Crippen LogP contribution is 2.29. The number of nitrogens with zero attached hydrogens (tertiary/aromatic N) is 4. The summed E-state index contributed by atoms with van der Waals surface area (Å²) in [5.74, 6) is 2.96. The van der Waals surface area contributed by atoms with Gasteiger partial charge in [0.2, 0.25) is 17.6 Å². The fourth-order valence-electron chi connectivity index (χ4n) is 1.45. The zero-order chi connectivity index (χ0) is 14.7. The Hall–Kier alpha value is -0.840. The van der Waals surface area contributed by atoms with Crippen molar-refractivity contribution in [2.24, 2.45) is 0 Å². The van der Waals surface area contributed by atoms with Gasteiger partial charge in [-0.3, -0.25) is 0 Å². The van der Waals surface area contributed by atoms with Gasteiger partial charge in [0, 0.05) is 9.85 Å². The SMILES string of the molecule is CSCc1nnc(SCc2nc(-c3cc(Br)cs3)no2)o1. The van der Waals surface area contributed by atoms with E-state index in [-0.39, 0.29) is 0 Å². The monoisotopic (exact) mass is 404 g/mol. The van der Waals surface area contributed by atoms with E-state index in [1.165, 1.54) is 11.8 Å². The maximum atomic E-state index is 5.47. The highest BCUT2D eigenvalue weighted by atomic mass is 79.9. The second-order valence-corrected chi connectivity index (χ2v) is 7.44. The third-order valence-corrected chi connectivity index (χ3v) is 5.32. The van der Waals surface area contributed by atoms with Gasteiger partial charge in [-0.2, -0.15) is 16.7 Å². The van der Waals surface area contributed by atoms with E-state index in [0.29, 0.717) is 34.3 Å². The number of hydrogen-bond donors (Lipinski definition) is 0. The quantitative estimate of drug-likeness (QED) is 0.568. The average molecular weight is 405 g/mol. The number of halogens is 1. The molecule has 0 aliphatic rings. The third kappa shape index (κ3) is 3.87. The van der Waals surface area contributed by atoms with Crippen molar-refractivity contribution in [2.75, 3.05) is 6.26 Å². The van der Waals surface area contributed by atoms with Gasteiger partial charge in [0.05, 0.1) is 16.4 Å². The summed E-state index contributed by atoms with van der Waals surface area (Å²) in [7, 11) is 0. The van der Waals surface area contributed by atoms with Crippen LogP contribution in [0.5, 0.6) is 0 Å². The topological polar surface area (TPSA) is 77.8 Å². The van der Waals surface area contributed by atoms with Crippen LogP contribution < -0.4 is 0 Å². The molecule has 0 aromatic carbocycles. The van der Waals surface area contributed by atoms with E-state index in [0.717, 1.165) is 9.35 Å². The molecule has 0 saturated carbocycles. The van der Waals surface area contributed by atoms with Crippen LogP contribution in [-0.4, -0.2) is 26.6 Å². The van der Waals surface area contributed by atoms with Gasteiger partial charge in [-0.05, 0) is 28.3 Å². The van der Waals surface area contributed by atoms with Gasteiger partial charge in [0.15, 0.2) is 0 Å². The second kappa shape index (κ2) is 6.95. The number of hydrogen-bond acceptors (Lipinski definition) is 9. The van der Waals surface area contributed by atoms with E-state index >= 15 is 0 Å². The molecule has 0 amide bonds. The van der Waals surface area contributed by atoms with Crippen molar-refractivity contribution in [1.82, 2.24) is 20.3 Å². The first-order valence-electron chi connectivity index (χ1n) is 5.75. The standard InChI is InChI=1S/C11H9BrN4O2S3/c1-19-4-9-14-15-11(17-9)21-5-8-13-10(16-18-8)7-2-6(12)3-20-7/h2-3H,4-5H2,1H3. The lowest BCUT2D eigenvalue weighted by atomic mass is 10.4. The molecule has 3 heterocycles. The van der Waals surface area contributed by atoms with Crippen LogP contribution in [0.2, 0.25) is 0 Å². The minimum Gasteiger partial charge on any atom is -0.415 e. The van der Waals surface area contributed by atoms with E-state index in [9.17, 15) is 0 Å². The number of rotatable bonds is 6.